The van der Waals surface area contributed by atoms with Gasteiger partial charge in [-0.25, -0.2) is 13.9 Å². The summed E-state index contributed by atoms with van der Waals surface area (Å²) in [5, 5.41) is 12.0. The summed E-state index contributed by atoms with van der Waals surface area (Å²) in [6.45, 7) is 4.39. The molecule has 0 aromatic heterocycles. The maximum Gasteiger partial charge on any atom is 0.263 e. The average molecular weight is 381 g/mol. The lowest BCUT2D eigenvalue weighted by molar-refractivity contribution is -0.134. The predicted octanol–water partition coefficient (Wildman–Crippen LogP) is 0.335. The molecule has 0 aliphatic carbocycles. The van der Waals surface area contributed by atoms with E-state index in [1.165, 1.54) is 12.1 Å². The van der Waals surface area contributed by atoms with E-state index >= 15 is 0 Å². The van der Waals surface area contributed by atoms with Gasteiger partial charge in [0.15, 0.2) is 0 Å². The third-order valence-electron chi connectivity index (χ3n) is 4.00. The Kier molecular flexibility index (Phi) is 6.99. The molecule has 1 aromatic rings. The van der Waals surface area contributed by atoms with Gasteiger partial charge in [0.2, 0.25) is 10.0 Å². The van der Waals surface area contributed by atoms with Crippen LogP contribution in [0.4, 0.5) is 0 Å². The Labute approximate surface area is 153 Å². The van der Waals surface area contributed by atoms with Gasteiger partial charge >= 0.3 is 0 Å². The molecule has 142 valence electrons. The molecule has 1 aliphatic rings. The van der Waals surface area contributed by atoms with Crippen molar-refractivity contribution in [3.8, 4) is 17.6 Å². The van der Waals surface area contributed by atoms with Crippen molar-refractivity contribution in [3.05, 3.63) is 24.3 Å². The molecule has 2 unspecified atom stereocenters. The predicted molar refractivity (Wildman–Crippen MR) is 95.1 cm³/mol. The zero-order chi connectivity index (χ0) is 19.2. The van der Waals surface area contributed by atoms with Crippen LogP contribution < -0.4 is 15.5 Å². The van der Waals surface area contributed by atoms with Crippen LogP contribution in [-0.4, -0.2) is 55.6 Å². The van der Waals surface area contributed by atoms with E-state index in [0.29, 0.717) is 12.3 Å². The molecule has 1 heterocycles. The Morgan fingerprint density at radius 2 is 2.08 bits per heavy atom. The molecule has 1 aromatic carbocycles. The highest BCUT2D eigenvalue weighted by molar-refractivity contribution is 7.89. The molecule has 0 bridgehead atoms. The summed E-state index contributed by atoms with van der Waals surface area (Å²) >= 11 is 0. The number of benzene rings is 1. The van der Waals surface area contributed by atoms with Gasteiger partial charge < -0.3 is 10.1 Å². The maximum absolute atomic E-state index is 12.9. The molecule has 1 aliphatic heterocycles. The highest BCUT2D eigenvalue weighted by Gasteiger charge is 2.41. The summed E-state index contributed by atoms with van der Waals surface area (Å²) in [5.41, 5.74) is 1.54. The van der Waals surface area contributed by atoms with E-state index in [2.05, 4.69) is 17.2 Å². The van der Waals surface area contributed by atoms with E-state index in [4.69, 9.17) is 9.94 Å². The third kappa shape index (κ3) is 4.53. The van der Waals surface area contributed by atoms with Gasteiger partial charge in [0.05, 0.1) is 4.90 Å². The monoisotopic (exact) mass is 381 g/mol. The van der Waals surface area contributed by atoms with Crippen molar-refractivity contribution in [1.29, 1.82) is 0 Å². The van der Waals surface area contributed by atoms with Crippen molar-refractivity contribution >= 4 is 15.9 Å². The van der Waals surface area contributed by atoms with Crippen LogP contribution in [0.15, 0.2) is 29.2 Å². The highest BCUT2D eigenvalue weighted by atomic mass is 32.2. The lowest BCUT2D eigenvalue weighted by atomic mass is 10.1. The van der Waals surface area contributed by atoms with Crippen LogP contribution in [-0.2, 0) is 14.8 Å². The lowest BCUT2D eigenvalue weighted by Gasteiger charge is -2.37. The highest BCUT2D eigenvalue weighted by Crippen LogP contribution is 2.24. The average Bonchev–Trinajstić information content (AvgIpc) is 2.65. The quantitative estimate of drug-likeness (QED) is 0.386. The Bertz CT molecular complexity index is 783. The Morgan fingerprint density at radius 1 is 1.38 bits per heavy atom. The largest absolute Gasteiger partial charge is 0.481 e. The summed E-state index contributed by atoms with van der Waals surface area (Å²) in [5.74, 6) is 5.45. The first kappa shape index (κ1) is 20.2. The van der Waals surface area contributed by atoms with E-state index in [-0.39, 0.29) is 18.0 Å². The number of rotatable bonds is 5. The van der Waals surface area contributed by atoms with Crippen LogP contribution in [0, 0.1) is 11.8 Å². The number of sulfonamides is 1. The first-order valence-corrected chi connectivity index (χ1v) is 9.73. The molecule has 1 amide bonds. The van der Waals surface area contributed by atoms with Gasteiger partial charge in [-0.3, -0.25) is 10.0 Å². The fraction of sp³-hybridized carbons (Fsp3) is 0.471. The molecule has 1 fully saturated rings. The molecule has 9 heteroatoms. The summed E-state index contributed by atoms with van der Waals surface area (Å²) in [7, 11) is -3.91. The van der Waals surface area contributed by atoms with Crippen molar-refractivity contribution in [2.75, 3.05) is 19.7 Å². The van der Waals surface area contributed by atoms with Crippen LogP contribution >= 0.6 is 0 Å². The maximum atomic E-state index is 12.9. The SMILES string of the molecule is CCC#CCOc1ccc(S(=O)(=O)N2CCNC(C)C2C(=O)NO)cc1. The summed E-state index contributed by atoms with van der Waals surface area (Å²) in [4.78, 5) is 12.0. The van der Waals surface area contributed by atoms with Crippen molar-refractivity contribution in [1.82, 2.24) is 15.1 Å². The van der Waals surface area contributed by atoms with Crippen molar-refractivity contribution in [3.63, 3.8) is 0 Å². The summed E-state index contributed by atoms with van der Waals surface area (Å²) < 4.78 is 32.4. The molecule has 0 radical (unpaired) electrons. The molecule has 0 spiro atoms. The topological polar surface area (TPSA) is 108 Å². The molecule has 8 nitrogen and oxygen atoms in total. The number of ether oxygens (including phenoxy) is 1. The van der Waals surface area contributed by atoms with Crippen molar-refractivity contribution < 1.29 is 23.2 Å². The zero-order valence-corrected chi connectivity index (χ0v) is 15.5. The normalized spacial score (nSPS) is 20.7. The molecular formula is C17H23N3O5S. The fourth-order valence-electron chi connectivity index (χ4n) is 2.73. The van der Waals surface area contributed by atoms with Crippen LogP contribution in [0.25, 0.3) is 0 Å². The van der Waals surface area contributed by atoms with E-state index in [9.17, 15) is 13.2 Å². The minimum absolute atomic E-state index is 0.0503. The molecule has 26 heavy (non-hydrogen) atoms. The van der Waals surface area contributed by atoms with Gasteiger partial charge in [-0.05, 0) is 31.2 Å². The molecule has 1 saturated heterocycles. The molecule has 0 saturated carbocycles. The zero-order valence-electron chi connectivity index (χ0n) is 14.7. The first-order valence-electron chi connectivity index (χ1n) is 8.29. The van der Waals surface area contributed by atoms with Crippen LogP contribution in [0.3, 0.4) is 0 Å². The standard InChI is InChI=1S/C17H23N3O5S/c1-3-4-5-12-25-14-6-8-15(9-7-14)26(23,24)20-11-10-18-13(2)16(20)17(21)19-22/h6-9,13,16,18,22H,3,10-12H2,1-2H3,(H,19,21). The molecule has 2 atom stereocenters. The third-order valence-corrected chi connectivity index (χ3v) is 5.90. The number of hydrogen-bond donors (Lipinski definition) is 3. The van der Waals surface area contributed by atoms with E-state index in [1.807, 2.05) is 6.92 Å². The van der Waals surface area contributed by atoms with Gasteiger partial charge in [-0.2, -0.15) is 4.31 Å². The van der Waals surface area contributed by atoms with Gasteiger partial charge in [-0.15, -0.1) is 5.92 Å². The van der Waals surface area contributed by atoms with Gasteiger partial charge in [0, 0.05) is 25.6 Å². The van der Waals surface area contributed by atoms with Crippen LogP contribution in [0.2, 0.25) is 0 Å². The second-order valence-electron chi connectivity index (χ2n) is 5.75. The fourth-order valence-corrected chi connectivity index (χ4v) is 4.39. The van der Waals surface area contributed by atoms with E-state index in [1.54, 1.807) is 24.5 Å². The number of hydroxylamine groups is 1. The Morgan fingerprint density at radius 3 is 2.69 bits per heavy atom. The second kappa shape index (κ2) is 9.00. The number of hydrogen-bond acceptors (Lipinski definition) is 6. The summed E-state index contributed by atoms with van der Waals surface area (Å²) in [6.07, 6.45) is 0.742. The number of carbonyl (C=O) groups excluding carboxylic acids is 1. The lowest BCUT2D eigenvalue weighted by Crippen LogP contribution is -2.63. The van der Waals surface area contributed by atoms with Gasteiger partial charge in [-0.1, -0.05) is 12.8 Å². The number of nitrogens with one attached hydrogen (secondary N) is 2. The number of piperazine rings is 1. The number of nitrogens with zero attached hydrogens (tertiary/aromatic N) is 1. The smallest absolute Gasteiger partial charge is 0.263 e. The minimum atomic E-state index is -3.91. The van der Waals surface area contributed by atoms with Gasteiger partial charge in [0.25, 0.3) is 5.91 Å². The molecule has 2 rings (SSSR count). The summed E-state index contributed by atoms with van der Waals surface area (Å²) in [6, 6.07) is 4.47. The van der Waals surface area contributed by atoms with Crippen LogP contribution in [0.5, 0.6) is 5.75 Å². The molecular weight excluding hydrogens is 358 g/mol. The Hall–Kier alpha value is -2.12. The second-order valence-corrected chi connectivity index (χ2v) is 7.64. The Balaban J connectivity index is 2.21. The number of amides is 1. The van der Waals surface area contributed by atoms with Crippen molar-refractivity contribution in [2.24, 2.45) is 0 Å². The minimum Gasteiger partial charge on any atom is -0.481 e. The number of carbonyl (C=O) groups is 1. The van der Waals surface area contributed by atoms with E-state index < -0.39 is 28.0 Å². The molecule has 3 N–H and O–H groups in total. The first-order chi connectivity index (χ1) is 12.4. The van der Waals surface area contributed by atoms with E-state index in [0.717, 1.165) is 10.7 Å². The van der Waals surface area contributed by atoms with Crippen LogP contribution in [0.1, 0.15) is 20.3 Å². The van der Waals surface area contributed by atoms with Gasteiger partial charge in [0.1, 0.15) is 18.4 Å². The van der Waals surface area contributed by atoms with Crippen molar-refractivity contribution in [2.45, 2.75) is 37.2 Å².